The lowest BCUT2D eigenvalue weighted by atomic mass is 10.2. The van der Waals surface area contributed by atoms with Crippen LogP contribution >= 0.6 is 11.6 Å². The van der Waals surface area contributed by atoms with Crippen molar-refractivity contribution in [3.63, 3.8) is 0 Å². The molecule has 2 heterocycles. The van der Waals surface area contributed by atoms with Gasteiger partial charge in [-0.2, -0.15) is 0 Å². The first kappa shape index (κ1) is 20.0. The van der Waals surface area contributed by atoms with Crippen LogP contribution in [0.2, 0.25) is 5.02 Å². The quantitative estimate of drug-likeness (QED) is 0.304. The second-order valence-electron chi connectivity index (χ2n) is 6.27. The van der Waals surface area contributed by atoms with Gasteiger partial charge in [0.25, 0.3) is 5.91 Å². The van der Waals surface area contributed by atoms with Crippen molar-refractivity contribution in [1.29, 1.82) is 0 Å². The monoisotopic (exact) mass is 435 g/mol. The maximum Gasteiger partial charge on any atom is 0.355 e. The largest absolute Gasteiger partial charge is 0.355 e. The van der Waals surface area contributed by atoms with Gasteiger partial charge in [0.05, 0.1) is 16.1 Å². The molecule has 154 valence electrons. The van der Waals surface area contributed by atoms with Gasteiger partial charge in [-0.3, -0.25) is 30.7 Å². The van der Waals surface area contributed by atoms with Crippen LogP contribution in [0.3, 0.4) is 0 Å². The Balaban J connectivity index is 1.62. The summed E-state index contributed by atoms with van der Waals surface area (Å²) in [5, 5.41) is 15.9. The smallest absolute Gasteiger partial charge is 0.332 e. The van der Waals surface area contributed by atoms with Crippen molar-refractivity contribution in [3.8, 4) is 0 Å². The predicted molar refractivity (Wildman–Crippen MR) is 116 cm³/mol. The Morgan fingerprint density at radius 1 is 1.00 bits per heavy atom. The number of hydrogen-bond donors (Lipinski definition) is 3. The Labute approximate surface area is 180 Å². The lowest BCUT2D eigenvalue weighted by Gasteiger charge is -2.12. The van der Waals surface area contributed by atoms with E-state index < -0.39 is 16.5 Å². The number of rotatable bonds is 6. The molecule has 0 bridgehead atoms. The highest BCUT2D eigenvalue weighted by atomic mass is 35.5. The van der Waals surface area contributed by atoms with Crippen LogP contribution in [0.15, 0.2) is 67.1 Å². The molecule has 4 rings (SSSR count). The average molecular weight is 436 g/mol. The zero-order chi connectivity index (χ0) is 21.8. The van der Waals surface area contributed by atoms with Crippen LogP contribution in [0.5, 0.6) is 0 Å². The number of fused-ring (bicyclic) bond motifs is 1. The molecule has 0 saturated carbocycles. The van der Waals surface area contributed by atoms with E-state index in [1.807, 2.05) is 12.1 Å². The molecule has 0 radical (unpaired) electrons. The van der Waals surface area contributed by atoms with Crippen molar-refractivity contribution < 1.29 is 9.72 Å². The number of carbonyl (C=O) groups excluding carboxylic acids is 1. The Hall–Kier alpha value is -4.31. The van der Waals surface area contributed by atoms with Crippen LogP contribution in [-0.2, 0) is 0 Å². The number of nitrogens with one attached hydrogen (secondary N) is 3. The van der Waals surface area contributed by atoms with Gasteiger partial charge in [-0.15, -0.1) is 0 Å². The van der Waals surface area contributed by atoms with Crippen LogP contribution in [0.4, 0.5) is 23.0 Å². The maximum absolute atomic E-state index is 12.3. The molecule has 2 aromatic carbocycles. The summed E-state index contributed by atoms with van der Waals surface area (Å²) in [7, 11) is 0. The molecule has 0 atom stereocenters. The highest BCUT2D eigenvalue weighted by Crippen LogP contribution is 2.32. The molecule has 3 N–H and O–H groups in total. The number of pyridine rings is 1. The van der Waals surface area contributed by atoms with Crippen LogP contribution in [-0.4, -0.2) is 25.8 Å². The van der Waals surface area contributed by atoms with Gasteiger partial charge in [0.2, 0.25) is 11.6 Å². The molecular weight excluding hydrogens is 422 g/mol. The molecule has 31 heavy (non-hydrogen) atoms. The van der Waals surface area contributed by atoms with E-state index in [-0.39, 0.29) is 17.2 Å². The van der Waals surface area contributed by atoms with E-state index in [0.717, 1.165) is 11.7 Å². The van der Waals surface area contributed by atoms with Crippen LogP contribution in [0.25, 0.3) is 10.9 Å². The molecule has 1 amide bonds. The number of nitrogens with zero attached hydrogens (tertiary/aromatic N) is 4. The van der Waals surface area contributed by atoms with Gasteiger partial charge >= 0.3 is 5.69 Å². The SMILES string of the molecule is O=C(NNc1ncnc(Nc2cccc3cccnc23)c1[N+](=O)[O-])c1cccc(Cl)c1. The topological polar surface area (TPSA) is 135 Å². The number of hydrogen-bond acceptors (Lipinski definition) is 8. The Morgan fingerprint density at radius 3 is 2.58 bits per heavy atom. The average Bonchev–Trinajstić information content (AvgIpc) is 2.77. The standard InChI is InChI=1S/C20H14ClN7O3/c21-14-7-1-5-13(10-14)20(29)27-26-19-17(28(30)31)18(23-11-24-19)25-15-8-2-4-12-6-3-9-22-16(12)15/h1-11H,(H,27,29)(H2,23,24,25,26). The van der Waals surface area contributed by atoms with Gasteiger partial charge < -0.3 is 5.32 Å². The lowest BCUT2D eigenvalue weighted by molar-refractivity contribution is -0.383. The van der Waals surface area contributed by atoms with Crippen LogP contribution < -0.4 is 16.2 Å². The van der Waals surface area contributed by atoms with E-state index in [0.29, 0.717) is 16.2 Å². The molecule has 0 aliphatic heterocycles. The van der Waals surface area contributed by atoms with Crippen molar-refractivity contribution in [2.24, 2.45) is 0 Å². The Kier molecular flexibility index (Phi) is 5.54. The number of benzene rings is 2. The summed E-state index contributed by atoms with van der Waals surface area (Å²) in [4.78, 5) is 35.6. The molecule has 0 aliphatic rings. The van der Waals surface area contributed by atoms with E-state index >= 15 is 0 Å². The summed E-state index contributed by atoms with van der Waals surface area (Å²) >= 11 is 5.89. The highest BCUT2D eigenvalue weighted by molar-refractivity contribution is 6.31. The fraction of sp³-hybridized carbons (Fsp3) is 0. The zero-order valence-corrected chi connectivity index (χ0v) is 16.5. The summed E-state index contributed by atoms with van der Waals surface area (Å²) < 4.78 is 0. The third-order valence-corrected chi connectivity index (χ3v) is 4.51. The molecule has 2 aromatic heterocycles. The number of hydrazine groups is 1. The second-order valence-corrected chi connectivity index (χ2v) is 6.71. The molecular formula is C20H14ClN7O3. The minimum Gasteiger partial charge on any atom is -0.332 e. The van der Waals surface area contributed by atoms with Gasteiger partial charge in [0.15, 0.2) is 0 Å². The number of para-hydroxylation sites is 1. The molecule has 0 fully saturated rings. The highest BCUT2D eigenvalue weighted by Gasteiger charge is 2.24. The summed E-state index contributed by atoms with van der Waals surface area (Å²) in [6.07, 6.45) is 2.77. The van der Waals surface area contributed by atoms with E-state index in [2.05, 4.69) is 31.1 Å². The molecule has 0 saturated heterocycles. The number of halogens is 1. The van der Waals surface area contributed by atoms with Crippen LogP contribution in [0, 0.1) is 10.1 Å². The van der Waals surface area contributed by atoms with Gasteiger partial charge in [0, 0.05) is 22.2 Å². The molecule has 4 aromatic rings. The van der Waals surface area contributed by atoms with E-state index in [1.54, 1.807) is 42.6 Å². The third kappa shape index (κ3) is 4.33. The molecule has 0 unspecified atom stereocenters. The first-order valence-corrected chi connectivity index (χ1v) is 9.33. The van der Waals surface area contributed by atoms with Crippen LogP contribution in [0.1, 0.15) is 10.4 Å². The Morgan fingerprint density at radius 2 is 1.77 bits per heavy atom. The van der Waals surface area contributed by atoms with Gasteiger partial charge in [-0.1, -0.05) is 35.9 Å². The summed E-state index contributed by atoms with van der Waals surface area (Å²) in [6, 6.07) is 15.3. The number of amides is 1. The maximum atomic E-state index is 12.3. The Bertz CT molecular complexity index is 1290. The number of aromatic nitrogens is 3. The summed E-state index contributed by atoms with van der Waals surface area (Å²) in [5.74, 6) is -0.785. The van der Waals surface area contributed by atoms with Crippen molar-refractivity contribution in [2.75, 3.05) is 10.7 Å². The molecule has 10 nitrogen and oxygen atoms in total. The summed E-state index contributed by atoms with van der Waals surface area (Å²) in [6.45, 7) is 0. The third-order valence-electron chi connectivity index (χ3n) is 4.27. The fourth-order valence-corrected chi connectivity index (χ4v) is 3.08. The van der Waals surface area contributed by atoms with Gasteiger partial charge in [-0.05, 0) is 30.3 Å². The van der Waals surface area contributed by atoms with E-state index in [4.69, 9.17) is 11.6 Å². The lowest BCUT2D eigenvalue weighted by Crippen LogP contribution is -2.30. The predicted octanol–water partition coefficient (Wildman–Crippen LogP) is 4.09. The van der Waals surface area contributed by atoms with Crippen molar-refractivity contribution >= 4 is 51.4 Å². The van der Waals surface area contributed by atoms with E-state index in [9.17, 15) is 14.9 Å². The van der Waals surface area contributed by atoms with Gasteiger partial charge in [0.1, 0.15) is 6.33 Å². The van der Waals surface area contributed by atoms with Crippen molar-refractivity contribution in [3.05, 3.63) is 87.8 Å². The number of nitro groups is 1. The van der Waals surface area contributed by atoms with Crippen molar-refractivity contribution in [1.82, 2.24) is 20.4 Å². The first-order chi connectivity index (χ1) is 15.0. The summed E-state index contributed by atoms with van der Waals surface area (Å²) in [5.41, 5.74) is 5.86. The first-order valence-electron chi connectivity index (χ1n) is 8.95. The minimum atomic E-state index is -0.644. The fourth-order valence-electron chi connectivity index (χ4n) is 2.89. The van der Waals surface area contributed by atoms with E-state index in [1.165, 1.54) is 6.07 Å². The minimum absolute atomic E-state index is 0.0577. The van der Waals surface area contributed by atoms with Gasteiger partial charge in [-0.25, -0.2) is 9.97 Å². The molecule has 11 heteroatoms. The van der Waals surface area contributed by atoms with Crippen molar-refractivity contribution in [2.45, 2.75) is 0 Å². The second kappa shape index (κ2) is 8.59. The normalized spacial score (nSPS) is 10.5. The molecule has 0 aliphatic carbocycles. The number of anilines is 3. The zero-order valence-electron chi connectivity index (χ0n) is 15.7. The number of carbonyl (C=O) groups is 1. The molecule has 0 spiro atoms.